The summed E-state index contributed by atoms with van der Waals surface area (Å²) >= 11 is 0. The molecule has 4 heteroatoms. The van der Waals surface area contributed by atoms with Crippen molar-refractivity contribution < 1.29 is 0 Å². The highest BCUT2D eigenvalue weighted by Gasteiger charge is 2.36. The lowest BCUT2D eigenvalue weighted by Gasteiger charge is -2.39. The summed E-state index contributed by atoms with van der Waals surface area (Å²) in [5, 5.41) is 0. The van der Waals surface area contributed by atoms with Crippen LogP contribution in [-0.2, 0) is 5.54 Å². The maximum absolute atomic E-state index is 11.9. The van der Waals surface area contributed by atoms with Crippen molar-refractivity contribution in [1.29, 1.82) is 0 Å². The summed E-state index contributed by atoms with van der Waals surface area (Å²) in [6, 6.07) is 7.93. The molecule has 94 valence electrons. The van der Waals surface area contributed by atoms with Crippen molar-refractivity contribution >= 4 is 0 Å². The van der Waals surface area contributed by atoms with Gasteiger partial charge >= 0.3 is 5.69 Å². The van der Waals surface area contributed by atoms with Crippen molar-refractivity contribution in [2.75, 3.05) is 0 Å². The molecule has 1 aromatic heterocycles. The van der Waals surface area contributed by atoms with Gasteiger partial charge in [0, 0.05) is 17.4 Å². The van der Waals surface area contributed by atoms with Crippen LogP contribution in [-0.4, -0.2) is 9.55 Å². The van der Waals surface area contributed by atoms with Gasteiger partial charge in [-0.05, 0) is 37.8 Å². The molecule has 1 fully saturated rings. The highest BCUT2D eigenvalue weighted by molar-refractivity contribution is 5.47. The van der Waals surface area contributed by atoms with E-state index in [0.717, 1.165) is 36.2 Å². The molecule has 1 aliphatic rings. The van der Waals surface area contributed by atoms with Crippen LogP contribution < -0.4 is 11.4 Å². The molecule has 18 heavy (non-hydrogen) atoms. The number of aromatic amines is 1. The topological polar surface area (TPSA) is 63.8 Å². The van der Waals surface area contributed by atoms with Crippen LogP contribution in [0.2, 0.25) is 0 Å². The maximum atomic E-state index is 11.9. The van der Waals surface area contributed by atoms with Crippen LogP contribution in [0.3, 0.4) is 0 Å². The monoisotopic (exact) mass is 243 g/mol. The Hall–Kier alpha value is -1.81. The Balaban J connectivity index is 2.22. The van der Waals surface area contributed by atoms with Gasteiger partial charge in [0.25, 0.3) is 0 Å². The molecule has 3 rings (SSSR count). The van der Waals surface area contributed by atoms with Gasteiger partial charge in [0.15, 0.2) is 0 Å². The molecule has 0 aliphatic heterocycles. The summed E-state index contributed by atoms with van der Waals surface area (Å²) in [5.41, 5.74) is 8.91. The minimum atomic E-state index is -0.264. The van der Waals surface area contributed by atoms with E-state index < -0.39 is 0 Å². The van der Waals surface area contributed by atoms with Crippen LogP contribution in [0, 0.1) is 6.92 Å². The van der Waals surface area contributed by atoms with Crippen LogP contribution in [0.4, 0.5) is 0 Å². The fraction of sp³-hybridized carbons (Fsp3) is 0.357. The fourth-order valence-electron chi connectivity index (χ4n) is 2.67. The number of aromatic nitrogens is 2. The number of rotatable bonds is 2. The second-order valence-corrected chi connectivity index (χ2v) is 5.10. The van der Waals surface area contributed by atoms with Crippen molar-refractivity contribution in [2.45, 2.75) is 31.7 Å². The van der Waals surface area contributed by atoms with E-state index >= 15 is 0 Å². The van der Waals surface area contributed by atoms with Gasteiger partial charge in [-0.3, -0.25) is 4.57 Å². The van der Waals surface area contributed by atoms with E-state index in [9.17, 15) is 4.79 Å². The van der Waals surface area contributed by atoms with Gasteiger partial charge in [-0.2, -0.15) is 0 Å². The molecule has 4 nitrogen and oxygen atoms in total. The van der Waals surface area contributed by atoms with Gasteiger partial charge in [0.05, 0.1) is 5.69 Å². The van der Waals surface area contributed by atoms with Crippen molar-refractivity contribution in [3.63, 3.8) is 0 Å². The standard InChI is InChI=1S/C14H17N3O/c1-10-9-16-13(18)17(10)12-6-3-2-5-11(12)14(15)7-4-8-14/h2-3,5-6,9H,4,7-8,15H2,1H3,(H,16,18). The molecule has 0 bridgehead atoms. The summed E-state index contributed by atoms with van der Waals surface area (Å²) in [5.74, 6) is 0. The predicted molar refractivity (Wildman–Crippen MR) is 70.8 cm³/mol. The average Bonchev–Trinajstić information content (AvgIpc) is 2.66. The van der Waals surface area contributed by atoms with Crippen LogP contribution in [0.25, 0.3) is 5.69 Å². The number of H-pyrrole nitrogens is 1. The number of nitrogens with two attached hydrogens (primary N) is 1. The van der Waals surface area contributed by atoms with E-state index in [1.807, 2.05) is 31.2 Å². The molecule has 1 aliphatic carbocycles. The summed E-state index contributed by atoms with van der Waals surface area (Å²) in [6.45, 7) is 1.92. The summed E-state index contributed by atoms with van der Waals surface area (Å²) < 4.78 is 1.70. The summed E-state index contributed by atoms with van der Waals surface area (Å²) in [4.78, 5) is 14.6. The second kappa shape index (κ2) is 3.85. The Morgan fingerprint density at radius 2 is 2.06 bits per heavy atom. The minimum absolute atomic E-state index is 0.108. The second-order valence-electron chi connectivity index (χ2n) is 5.10. The van der Waals surface area contributed by atoms with Gasteiger partial charge in [-0.15, -0.1) is 0 Å². The fourth-order valence-corrected chi connectivity index (χ4v) is 2.67. The number of nitrogens with zero attached hydrogens (tertiary/aromatic N) is 1. The Bertz CT molecular complexity index is 634. The lowest BCUT2D eigenvalue weighted by Crippen LogP contribution is -2.44. The predicted octanol–water partition coefficient (Wildman–Crippen LogP) is 1.81. The van der Waals surface area contributed by atoms with Crippen molar-refractivity contribution in [2.24, 2.45) is 5.73 Å². The van der Waals surface area contributed by atoms with Gasteiger partial charge < -0.3 is 10.7 Å². The third kappa shape index (κ3) is 1.53. The molecule has 0 saturated heterocycles. The van der Waals surface area contributed by atoms with Gasteiger partial charge in [-0.25, -0.2) is 4.79 Å². The van der Waals surface area contributed by atoms with E-state index in [1.54, 1.807) is 10.8 Å². The first-order valence-electron chi connectivity index (χ1n) is 6.28. The average molecular weight is 243 g/mol. The van der Waals surface area contributed by atoms with Gasteiger partial charge in [-0.1, -0.05) is 18.2 Å². The number of benzene rings is 1. The first-order chi connectivity index (χ1) is 8.62. The van der Waals surface area contributed by atoms with Crippen LogP contribution in [0.15, 0.2) is 35.3 Å². The van der Waals surface area contributed by atoms with Gasteiger partial charge in [0.2, 0.25) is 0 Å². The molecular weight excluding hydrogens is 226 g/mol. The minimum Gasteiger partial charge on any atom is -0.321 e. The zero-order chi connectivity index (χ0) is 12.8. The Kier molecular flexibility index (Phi) is 2.41. The lowest BCUT2D eigenvalue weighted by molar-refractivity contribution is 0.253. The van der Waals surface area contributed by atoms with Crippen LogP contribution in [0.5, 0.6) is 0 Å². The number of hydrogen-bond acceptors (Lipinski definition) is 2. The molecule has 3 N–H and O–H groups in total. The normalized spacial score (nSPS) is 17.4. The summed E-state index contributed by atoms with van der Waals surface area (Å²) in [6.07, 6.45) is 4.86. The van der Waals surface area contributed by atoms with Crippen LogP contribution >= 0.6 is 0 Å². The number of aryl methyl sites for hydroxylation is 1. The molecule has 0 radical (unpaired) electrons. The third-order valence-corrected chi connectivity index (χ3v) is 3.89. The number of imidazole rings is 1. The van der Waals surface area contributed by atoms with Crippen LogP contribution in [0.1, 0.15) is 30.5 Å². The zero-order valence-corrected chi connectivity index (χ0v) is 10.4. The van der Waals surface area contributed by atoms with E-state index in [1.165, 1.54) is 0 Å². The van der Waals surface area contributed by atoms with Crippen molar-refractivity contribution in [3.8, 4) is 5.69 Å². The molecule has 1 aromatic carbocycles. The largest absolute Gasteiger partial charge is 0.330 e. The number of hydrogen-bond donors (Lipinski definition) is 2. The lowest BCUT2D eigenvalue weighted by atomic mass is 9.72. The SMILES string of the molecule is Cc1c[nH]c(=O)n1-c1ccccc1C1(N)CCC1. The Morgan fingerprint density at radius 3 is 2.61 bits per heavy atom. The highest BCUT2D eigenvalue weighted by atomic mass is 16.1. The van der Waals surface area contributed by atoms with E-state index in [-0.39, 0.29) is 11.2 Å². The molecule has 0 atom stereocenters. The number of para-hydroxylation sites is 1. The third-order valence-electron chi connectivity index (χ3n) is 3.89. The first-order valence-corrected chi connectivity index (χ1v) is 6.28. The summed E-state index contributed by atoms with van der Waals surface area (Å²) in [7, 11) is 0. The number of nitrogens with one attached hydrogen (secondary N) is 1. The smallest absolute Gasteiger partial charge is 0.321 e. The zero-order valence-electron chi connectivity index (χ0n) is 10.4. The molecule has 0 unspecified atom stereocenters. The van der Waals surface area contributed by atoms with E-state index in [0.29, 0.717) is 0 Å². The van der Waals surface area contributed by atoms with Gasteiger partial charge in [0.1, 0.15) is 0 Å². The highest BCUT2D eigenvalue weighted by Crippen LogP contribution is 2.40. The molecule has 1 saturated carbocycles. The van der Waals surface area contributed by atoms with Crippen molar-refractivity contribution in [1.82, 2.24) is 9.55 Å². The van der Waals surface area contributed by atoms with E-state index in [4.69, 9.17) is 5.73 Å². The Morgan fingerprint density at radius 1 is 1.33 bits per heavy atom. The molecule has 1 heterocycles. The molecule has 0 amide bonds. The quantitative estimate of drug-likeness (QED) is 0.845. The Labute approximate surface area is 105 Å². The first kappa shape index (κ1) is 11.3. The molecule has 2 aromatic rings. The maximum Gasteiger partial charge on any atom is 0.330 e. The molecular formula is C14H17N3O. The molecule has 0 spiro atoms. The van der Waals surface area contributed by atoms with Crippen molar-refractivity contribution in [3.05, 3.63) is 52.2 Å². The van der Waals surface area contributed by atoms with E-state index in [2.05, 4.69) is 4.98 Å².